The van der Waals surface area contributed by atoms with Crippen LogP contribution in [0.5, 0.6) is 0 Å². The largest absolute Gasteiger partial charge is 0.455 e. The summed E-state index contributed by atoms with van der Waals surface area (Å²) in [5.74, 6) is 0. The molecule has 2 aliphatic heterocycles. The molecule has 0 saturated heterocycles. The van der Waals surface area contributed by atoms with E-state index in [-0.39, 0.29) is 21.7 Å². The van der Waals surface area contributed by atoms with Crippen LogP contribution in [0, 0.1) is 0 Å². The van der Waals surface area contributed by atoms with Crippen molar-refractivity contribution in [3.05, 3.63) is 226 Å². The number of furan rings is 2. The van der Waals surface area contributed by atoms with Gasteiger partial charge in [0.1, 0.15) is 30.4 Å². The molecule has 86 heavy (non-hydrogen) atoms. The Morgan fingerprint density at radius 2 is 0.721 bits per heavy atom. The summed E-state index contributed by atoms with van der Waals surface area (Å²) in [6, 6.07) is 70.6. The van der Waals surface area contributed by atoms with Crippen molar-refractivity contribution < 1.29 is 8.83 Å². The molecule has 4 heteroatoms. The fraction of sp³-hybridized carbons (Fsp3) is 0.195. The van der Waals surface area contributed by atoms with Gasteiger partial charge < -0.3 is 8.83 Å². The van der Waals surface area contributed by atoms with E-state index in [1.54, 1.807) is 10.1 Å². The topological polar surface area (TPSA) is 26.3 Å². The minimum absolute atomic E-state index is 0.0656. The van der Waals surface area contributed by atoms with Crippen LogP contribution in [0.3, 0.4) is 0 Å². The zero-order chi connectivity index (χ0) is 58.4. The molecule has 2 nitrogen and oxygen atoms in total. The molecule has 19 rings (SSSR count). The number of para-hydroxylation sites is 2. The molecule has 0 amide bonds. The average molecular weight is 1140 g/mol. The molecule has 0 unspecified atom stereocenters. The van der Waals surface area contributed by atoms with Crippen molar-refractivity contribution in [2.24, 2.45) is 0 Å². The van der Waals surface area contributed by atoms with E-state index in [4.69, 9.17) is 8.83 Å². The van der Waals surface area contributed by atoms with Crippen LogP contribution < -0.4 is 10.4 Å². The Balaban J connectivity index is 0.778. The molecule has 0 fully saturated rings. The van der Waals surface area contributed by atoms with Gasteiger partial charge in [-0.1, -0.05) is 196 Å². The van der Waals surface area contributed by atoms with E-state index < -0.39 is 18.1 Å². The van der Waals surface area contributed by atoms with Crippen LogP contribution in [0.2, 0.25) is 13.1 Å². The quantitative estimate of drug-likeness (QED) is 0.161. The summed E-state index contributed by atoms with van der Waals surface area (Å²) < 4.78 is 14.4. The number of fused-ring (bicyclic) bond motifs is 27. The zero-order valence-electron chi connectivity index (χ0n) is 51.0. The predicted octanol–water partition coefficient (Wildman–Crippen LogP) is 21.3. The highest BCUT2D eigenvalue weighted by atomic mass is 32.3. The Bertz CT molecular complexity index is 5080. The smallest absolute Gasteiger partial charge is 0.143 e. The van der Waals surface area contributed by atoms with Crippen molar-refractivity contribution >= 4 is 72.4 Å². The number of rotatable bonds is 2. The lowest BCUT2D eigenvalue weighted by molar-refractivity contribution is 0.652. The maximum Gasteiger partial charge on any atom is 0.143 e. The highest BCUT2D eigenvalue weighted by Gasteiger charge is 2.49. The van der Waals surface area contributed by atoms with E-state index in [9.17, 15) is 0 Å². The number of benzene rings is 11. The molecular formula is C82H66O2SSi. The first kappa shape index (κ1) is 49.8. The van der Waals surface area contributed by atoms with Gasteiger partial charge in [0.25, 0.3) is 0 Å². The van der Waals surface area contributed by atoms with Crippen molar-refractivity contribution in [2.45, 2.75) is 99.9 Å². The van der Waals surface area contributed by atoms with Crippen molar-refractivity contribution in [1.29, 1.82) is 0 Å². The summed E-state index contributed by atoms with van der Waals surface area (Å²) in [7, 11) is -4.10. The van der Waals surface area contributed by atoms with Gasteiger partial charge in [-0.25, -0.2) is 0 Å². The van der Waals surface area contributed by atoms with Gasteiger partial charge in [-0.2, -0.15) is 10.0 Å². The first-order valence-electron chi connectivity index (χ1n) is 31.0. The lowest BCUT2D eigenvalue weighted by atomic mass is 9.79. The minimum Gasteiger partial charge on any atom is -0.455 e. The molecule has 0 saturated carbocycles. The molecule has 0 atom stereocenters. The highest BCUT2D eigenvalue weighted by molar-refractivity contribution is 8.33. The molecule has 13 aromatic rings. The fourth-order valence-corrected chi connectivity index (χ4v) is 25.7. The van der Waals surface area contributed by atoms with E-state index in [0.717, 1.165) is 22.3 Å². The van der Waals surface area contributed by atoms with Crippen molar-refractivity contribution in [3.63, 3.8) is 0 Å². The number of hydrogen-bond donors (Lipinski definition) is 0. The summed E-state index contributed by atoms with van der Waals surface area (Å²) in [5.41, 5.74) is 35.9. The van der Waals surface area contributed by atoms with E-state index >= 15 is 0 Å². The second kappa shape index (κ2) is 15.6. The lowest BCUT2D eigenvalue weighted by Gasteiger charge is -2.34. The maximum atomic E-state index is 7.22. The zero-order valence-corrected chi connectivity index (χ0v) is 52.9. The molecule has 416 valence electrons. The normalized spacial score (nSPS) is 18.0. The van der Waals surface area contributed by atoms with Gasteiger partial charge in [-0.15, -0.1) is 0 Å². The Labute approximate surface area is 505 Å². The van der Waals surface area contributed by atoms with E-state index in [1.807, 2.05) is 0 Å². The maximum absolute atomic E-state index is 7.22. The average Bonchev–Trinajstić information content (AvgIpc) is 1.52. The molecule has 2 aromatic heterocycles. The third-order valence-corrected chi connectivity index (χ3v) is 29.3. The molecular weight excluding hydrogens is 1080 g/mol. The van der Waals surface area contributed by atoms with E-state index in [0.29, 0.717) is 0 Å². The van der Waals surface area contributed by atoms with Crippen LogP contribution in [0.25, 0.3) is 133 Å². The van der Waals surface area contributed by atoms with Gasteiger partial charge in [0.15, 0.2) is 0 Å². The first-order valence-corrected chi connectivity index (χ1v) is 36.4. The summed E-state index contributed by atoms with van der Waals surface area (Å²) in [5, 5.41) is 7.96. The second-order valence-corrected chi connectivity index (χ2v) is 36.9. The minimum atomic E-state index is -2.48. The highest BCUT2D eigenvalue weighted by Crippen LogP contribution is 2.71. The monoisotopic (exact) mass is 1140 g/mol. The van der Waals surface area contributed by atoms with Gasteiger partial charge in [0.2, 0.25) is 0 Å². The molecule has 6 aliphatic rings. The molecule has 0 radical (unpaired) electrons. The summed E-state index contributed by atoms with van der Waals surface area (Å²) in [6.45, 7) is 24.6. The third kappa shape index (κ3) is 5.74. The molecule has 0 N–H and O–H groups in total. The molecule has 4 heterocycles. The Hall–Kier alpha value is -8.41. The van der Waals surface area contributed by atoms with Crippen LogP contribution >= 0.6 is 10.0 Å². The SMILES string of the molecule is CC1(C)c2ccccc2-c2cc3c(cc21)-c1ccc(-c2cc4c(c5c2oc2ccccc25)-c2ccc5c(c2[Si]4(C)C)S(C)(C)c2cc(-c4ccc6c(c4)C(C)(C)c4cc7c(cc4-6)C(C)(C)c4ccccc4-7)c4oc6ccccc6c4c2-5)cc1C3(C)C. The Morgan fingerprint density at radius 1 is 0.337 bits per heavy atom. The summed E-state index contributed by atoms with van der Waals surface area (Å²) >= 11 is 0. The molecule has 0 spiro atoms. The van der Waals surface area contributed by atoms with E-state index in [1.165, 1.54) is 165 Å². The molecule has 0 bridgehead atoms. The van der Waals surface area contributed by atoms with Crippen LogP contribution in [0.4, 0.5) is 0 Å². The second-order valence-electron chi connectivity index (χ2n) is 29.1. The van der Waals surface area contributed by atoms with Crippen molar-refractivity contribution in [2.75, 3.05) is 12.5 Å². The van der Waals surface area contributed by atoms with Crippen LogP contribution in [-0.2, 0) is 21.7 Å². The van der Waals surface area contributed by atoms with Crippen LogP contribution in [0.1, 0.15) is 99.9 Å². The van der Waals surface area contributed by atoms with Gasteiger partial charge >= 0.3 is 0 Å². The van der Waals surface area contributed by atoms with Gasteiger partial charge in [-0.05, 0) is 194 Å². The van der Waals surface area contributed by atoms with Crippen LogP contribution in [0.15, 0.2) is 201 Å². The fourth-order valence-electron chi connectivity index (χ4n) is 18.2. The standard InChI is InChI=1S/C82H66O2SSi/c1-79(2)59-25-17-13-21-45(59)55-37-65-57(39-63(55)79)47-31-29-43(35-61(47)81(65,5)6)53-41-69-71(73-49-23-15-19-27-67(49)83-75(53)73)51-33-34-52-72-70(86(11,12)78(52)77(51)85(69,9)10)42-54(76-74(72)50-24-16-20-28-68(50)84-76)44-30-32-48-58-40-64-56(38-66(58)82(7,8)62(48)36-44)46-22-14-18-26-60(46)80(64,3)4/h13-42H,1-12H3. The lowest BCUT2D eigenvalue weighted by Crippen LogP contribution is -2.50. The van der Waals surface area contributed by atoms with Gasteiger partial charge in [0, 0.05) is 69.7 Å². The summed E-state index contributed by atoms with van der Waals surface area (Å²) in [6.07, 6.45) is 5.19. The predicted molar refractivity (Wildman–Crippen MR) is 366 cm³/mol. The Morgan fingerprint density at radius 3 is 1.22 bits per heavy atom. The first-order chi connectivity index (χ1) is 41.2. The number of hydrogen-bond acceptors (Lipinski definition) is 2. The van der Waals surface area contributed by atoms with Gasteiger partial charge in [-0.3, -0.25) is 0 Å². The van der Waals surface area contributed by atoms with Gasteiger partial charge in [0.05, 0.1) is 0 Å². The van der Waals surface area contributed by atoms with E-state index in [2.05, 4.69) is 263 Å². The summed E-state index contributed by atoms with van der Waals surface area (Å²) in [4.78, 5) is 3.01. The Kier molecular flexibility index (Phi) is 9.02. The van der Waals surface area contributed by atoms with Crippen molar-refractivity contribution in [1.82, 2.24) is 0 Å². The molecule has 11 aromatic carbocycles. The molecule has 4 aliphatic carbocycles. The van der Waals surface area contributed by atoms with Crippen LogP contribution in [-0.4, -0.2) is 20.6 Å². The third-order valence-electron chi connectivity index (χ3n) is 22.7. The van der Waals surface area contributed by atoms with Crippen molar-refractivity contribution in [3.8, 4) is 89.0 Å².